The zero-order valence-electron chi connectivity index (χ0n) is 6.90. The lowest BCUT2D eigenvalue weighted by atomic mass is 10.1. The topological polar surface area (TPSA) is 49.8 Å². The molecule has 4 nitrogen and oxygen atoms in total. The summed E-state index contributed by atoms with van der Waals surface area (Å²) >= 11 is 0. The van der Waals surface area contributed by atoms with Crippen LogP contribution in [-0.4, -0.2) is 48.3 Å². The van der Waals surface area contributed by atoms with Gasteiger partial charge >= 0.3 is 5.97 Å². The molecule has 0 aromatic heterocycles. The Hall–Kier alpha value is -0.610. The summed E-state index contributed by atoms with van der Waals surface area (Å²) in [5, 5.41) is 8.75. The van der Waals surface area contributed by atoms with Crippen LogP contribution in [-0.2, 0) is 9.53 Å². The zero-order chi connectivity index (χ0) is 8.55. The Labute approximate surface area is 71.1 Å². The molecule has 0 aromatic rings. The van der Waals surface area contributed by atoms with Gasteiger partial charge in [0.25, 0.3) is 0 Å². The molecule has 1 N–H and O–H groups in total. The first-order valence-electron chi connectivity index (χ1n) is 4.32. The number of hydrogen-bond donors (Lipinski definition) is 1. The Morgan fingerprint density at radius 3 is 2.67 bits per heavy atom. The van der Waals surface area contributed by atoms with E-state index in [0.29, 0.717) is 12.6 Å². The molecule has 0 aliphatic carbocycles. The van der Waals surface area contributed by atoms with Crippen LogP contribution in [0.1, 0.15) is 6.42 Å². The molecule has 0 saturated carbocycles. The molecule has 4 heteroatoms. The first-order chi connectivity index (χ1) is 5.77. The molecule has 68 valence electrons. The van der Waals surface area contributed by atoms with Crippen molar-refractivity contribution in [2.45, 2.75) is 12.5 Å². The van der Waals surface area contributed by atoms with Crippen LogP contribution in [0.2, 0.25) is 0 Å². The van der Waals surface area contributed by atoms with Crippen LogP contribution >= 0.6 is 0 Å². The standard InChI is InChI=1S/C8H13NO3/c10-8(11)6-1-2-9(3-6)7-4-12-5-7/h6-7H,1-5H2,(H,10,11). The Bertz CT molecular complexity index is 191. The highest BCUT2D eigenvalue weighted by Gasteiger charge is 2.34. The largest absolute Gasteiger partial charge is 0.481 e. The second-order valence-corrected chi connectivity index (χ2v) is 3.51. The van der Waals surface area contributed by atoms with Gasteiger partial charge in [-0.2, -0.15) is 0 Å². The smallest absolute Gasteiger partial charge is 0.307 e. The van der Waals surface area contributed by atoms with Gasteiger partial charge in [-0.25, -0.2) is 0 Å². The average Bonchev–Trinajstić information content (AvgIpc) is 2.32. The number of nitrogens with zero attached hydrogens (tertiary/aromatic N) is 1. The van der Waals surface area contributed by atoms with Crippen LogP contribution in [0.3, 0.4) is 0 Å². The van der Waals surface area contributed by atoms with Gasteiger partial charge in [-0.15, -0.1) is 0 Å². The second kappa shape index (κ2) is 3.03. The number of rotatable bonds is 2. The predicted octanol–water partition coefficient (Wildman–Crippen LogP) is -0.208. The normalized spacial score (nSPS) is 31.8. The summed E-state index contributed by atoms with van der Waals surface area (Å²) in [6, 6.07) is 0.495. The van der Waals surface area contributed by atoms with Crippen molar-refractivity contribution in [3.63, 3.8) is 0 Å². The van der Waals surface area contributed by atoms with Gasteiger partial charge in [0.15, 0.2) is 0 Å². The van der Waals surface area contributed by atoms with E-state index < -0.39 is 5.97 Å². The fourth-order valence-corrected chi connectivity index (χ4v) is 1.75. The highest BCUT2D eigenvalue weighted by Crippen LogP contribution is 2.21. The van der Waals surface area contributed by atoms with Crippen LogP contribution < -0.4 is 0 Å². The van der Waals surface area contributed by atoms with Gasteiger partial charge in [0.1, 0.15) is 0 Å². The summed E-state index contributed by atoms with van der Waals surface area (Å²) in [4.78, 5) is 12.8. The van der Waals surface area contributed by atoms with E-state index in [1.54, 1.807) is 0 Å². The predicted molar refractivity (Wildman–Crippen MR) is 41.9 cm³/mol. The van der Waals surface area contributed by atoms with Gasteiger partial charge in [0.05, 0.1) is 25.2 Å². The molecule has 2 aliphatic heterocycles. The molecule has 0 spiro atoms. The van der Waals surface area contributed by atoms with E-state index in [2.05, 4.69) is 4.90 Å². The minimum Gasteiger partial charge on any atom is -0.481 e. The van der Waals surface area contributed by atoms with Gasteiger partial charge < -0.3 is 9.84 Å². The Morgan fingerprint density at radius 2 is 2.25 bits per heavy atom. The fraction of sp³-hybridized carbons (Fsp3) is 0.875. The Kier molecular flexibility index (Phi) is 2.02. The highest BCUT2D eigenvalue weighted by molar-refractivity contribution is 5.70. The summed E-state index contributed by atoms with van der Waals surface area (Å²) in [7, 11) is 0. The maximum atomic E-state index is 10.6. The van der Waals surface area contributed by atoms with Crippen LogP contribution in [0.15, 0.2) is 0 Å². The lowest BCUT2D eigenvalue weighted by molar-refractivity contribution is -0.141. The lowest BCUT2D eigenvalue weighted by Crippen LogP contribution is -2.48. The average molecular weight is 171 g/mol. The molecule has 0 radical (unpaired) electrons. The number of carboxylic acid groups (broad SMARTS) is 1. The van der Waals surface area contributed by atoms with Gasteiger partial charge in [-0.1, -0.05) is 0 Å². The number of likely N-dealkylation sites (tertiary alicyclic amines) is 1. The molecule has 2 aliphatic rings. The summed E-state index contributed by atoms with van der Waals surface area (Å²) < 4.78 is 5.05. The highest BCUT2D eigenvalue weighted by atomic mass is 16.5. The van der Waals surface area contributed by atoms with E-state index in [-0.39, 0.29) is 5.92 Å². The summed E-state index contributed by atoms with van der Waals surface area (Å²) in [5.41, 5.74) is 0. The van der Waals surface area contributed by atoms with Gasteiger partial charge in [-0.05, 0) is 13.0 Å². The van der Waals surface area contributed by atoms with E-state index >= 15 is 0 Å². The zero-order valence-corrected chi connectivity index (χ0v) is 6.90. The van der Waals surface area contributed by atoms with Crippen molar-refractivity contribution in [3.05, 3.63) is 0 Å². The first kappa shape index (κ1) is 8.01. The Morgan fingerprint density at radius 1 is 1.50 bits per heavy atom. The van der Waals surface area contributed by atoms with E-state index in [9.17, 15) is 4.79 Å². The minimum atomic E-state index is -0.655. The lowest BCUT2D eigenvalue weighted by Gasteiger charge is -2.34. The van der Waals surface area contributed by atoms with E-state index in [1.807, 2.05) is 0 Å². The number of aliphatic carboxylic acids is 1. The van der Waals surface area contributed by atoms with Crippen molar-refractivity contribution < 1.29 is 14.6 Å². The number of hydrogen-bond acceptors (Lipinski definition) is 3. The van der Waals surface area contributed by atoms with Crippen LogP contribution in [0, 0.1) is 5.92 Å². The maximum absolute atomic E-state index is 10.6. The second-order valence-electron chi connectivity index (χ2n) is 3.51. The molecule has 0 aromatic carbocycles. The van der Waals surface area contributed by atoms with E-state index in [0.717, 1.165) is 26.2 Å². The number of carbonyl (C=O) groups is 1. The van der Waals surface area contributed by atoms with Gasteiger partial charge in [-0.3, -0.25) is 9.69 Å². The molecule has 2 rings (SSSR count). The molecule has 12 heavy (non-hydrogen) atoms. The third kappa shape index (κ3) is 1.32. The van der Waals surface area contributed by atoms with Gasteiger partial charge in [0.2, 0.25) is 0 Å². The van der Waals surface area contributed by atoms with Crippen LogP contribution in [0.4, 0.5) is 0 Å². The summed E-state index contributed by atoms with van der Waals surface area (Å²) in [6.07, 6.45) is 0.797. The molecule has 2 saturated heterocycles. The van der Waals surface area contributed by atoms with Crippen LogP contribution in [0.5, 0.6) is 0 Å². The van der Waals surface area contributed by atoms with Crippen molar-refractivity contribution in [1.82, 2.24) is 4.90 Å². The van der Waals surface area contributed by atoms with Crippen molar-refractivity contribution in [2.24, 2.45) is 5.92 Å². The summed E-state index contributed by atoms with van der Waals surface area (Å²) in [5.74, 6) is -0.802. The molecule has 2 fully saturated rings. The third-order valence-electron chi connectivity index (χ3n) is 2.71. The van der Waals surface area contributed by atoms with Crippen molar-refractivity contribution >= 4 is 5.97 Å². The molecular formula is C8H13NO3. The maximum Gasteiger partial charge on any atom is 0.307 e. The molecule has 1 unspecified atom stereocenters. The Balaban J connectivity index is 1.84. The monoisotopic (exact) mass is 171 g/mol. The molecule has 0 amide bonds. The van der Waals surface area contributed by atoms with Crippen molar-refractivity contribution in [3.8, 4) is 0 Å². The third-order valence-corrected chi connectivity index (χ3v) is 2.71. The minimum absolute atomic E-state index is 0.148. The van der Waals surface area contributed by atoms with Crippen molar-refractivity contribution in [1.29, 1.82) is 0 Å². The SMILES string of the molecule is O=C(O)C1CCN(C2COC2)C1. The van der Waals surface area contributed by atoms with Crippen LogP contribution in [0.25, 0.3) is 0 Å². The van der Waals surface area contributed by atoms with Crippen molar-refractivity contribution in [2.75, 3.05) is 26.3 Å². The number of ether oxygens (including phenoxy) is 1. The molecule has 2 heterocycles. The summed E-state index contributed by atoms with van der Waals surface area (Å²) in [6.45, 7) is 3.20. The number of carboxylic acids is 1. The van der Waals surface area contributed by atoms with E-state index in [4.69, 9.17) is 9.84 Å². The van der Waals surface area contributed by atoms with E-state index in [1.165, 1.54) is 0 Å². The quantitative estimate of drug-likeness (QED) is 0.624. The fourth-order valence-electron chi connectivity index (χ4n) is 1.75. The molecular weight excluding hydrogens is 158 g/mol. The molecule has 1 atom stereocenters. The first-order valence-corrected chi connectivity index (χ1v) is 4.32. The van der Waals surface area contributed by atoms with Gasteiger partial charge in [0, 0.05) is 6.54 Å². The molecule has 0 bridgehead atoms.